The maximum Gasteiger partial charge on any atom is 0.369 e. The fourth-order valence-corrected chi connectivity index (χ4v) is 1.72. The molecule has 0 saturated carbocycles. The number of hydrogen-bond acceptors (Lipinski definition) is 5. The SMILES string of the molecule is CCCCCCOC(=O)c1nnc(C)s1. The van der Waals surface area contributed by atoms with Crippen LogP contribution >= 0.6 is 11.3 Å². The van der Waals surface area contributed by atoms with Gasteiger partial charge in [-0.1, -0.05) is 37.5 Å². The Labute approximate surface area is 93.7 Å². The number of esters is 1. The molecule has 1 aromatic rings. The van der Waals surface area contributed by atoms with Crippen molar-refractivity contribution in [3.63, 3.8) is 0 Å². The van der Waals surface area contributed by atoms with Crippen LogP contribution in [0.4, 0.5) is 0 Å². The lowest BCUT2D eigenvalue weighted by molar-refractivity contribution is 0.0496. The molecule has 0 radical (unpaired) electrons. The normalized spacial score (nSPS) is 10.3. The zero-order chi connectivity index (χ0) is 11.1. The van der Waals surface area contributed by atoms with E-state index in [1.807, 2.05) is 6.92 Å². The fourth-order valence-electron chi connectivity index (χ4n) is 1.13. The van der Waals surface area contributed by atoms with Gasteiger partial charge in [0.1, 0.15) is 5.01 Å². The molecule has 0 amide bonds. The van der Waals surface area contributed by atoms with E-state index in [0.29, 0.717) is 11.6 Å². The van der Waals surface area contributed by atoms with Crippen LogP contribution in [0.25, 0.3) is 0 Å². The Hall–Kier alpha value is -0.970. The number of hydrogen-bond donors (Lipinski definition) is 0. The number of carbonyl (C=O) groups is 1. The monoisotopic (exact) mass is 228 g/mol. The molecule has 5 heteroatoms. The Morgan fingerprint density at radius 2 is 2.13 bits per heavy atom. The second-order valence-electron chi connectivity index (χ2n) is 3.32. The first-order valence-corrected chi connectivity index (χ1v) is 6.03. The van der Waals surface area contributed by atoms with Gasteiger partial charge in [0.2, 0.25) is 5.01 Å². The minimum Gasteiger partial charge on any atom is -0.460 e. The smallest absolute Gasteiger partial charge is 0.369 e. The van der Waals surface area contributed by atoms with Gasteiger partial charge in [0, 0.05) is 0 Å². The molecule has 0 spiro atoms. The summed E-state index contributed by atoms with van der Waals surface area (Å²) >= 11 is 1.27. The predicted molar refractivity (Wildman–Crippen MR) is 59.1 cm³/mol. The molecule has 1 rings (SSSR count). The van der Waals surface area contributed by atoms with Gasteiger partial charge in [0.05, 0.1) is 6.61 Å². The van der Waals surface area contributed by atoms with Crippen molar-refractivity contribution >= 4 is 17.3 Å². The highest BCUT2D eigenvalue weighted by molar-refractivity contribution is 7.13. The molecule has 0 aliphatic heterocycles. The summed E-state index contributed by atoms with van der Waals surface area (Å²) in [6.45, 7) is 4.45. The van der Waals surface area contributed by atoms with Crippen LogP contribution in [0.3, 0.4) is 0 Å². The summed E-state index contributed by atoms with van der Waals surface area (Å²) in [4.78, 5) is 11.4. The van der Waals surface area contributed by atoms with Crippen LogP contribution in [-0.4, -0.2) is 22.8 Å². The zero-order valence-electron chi connectivity index (χ0n) is 9.15. The molecule has 0 aliphatic carbocycles. The van der Waals surface area contributed by atoms with Crippen LogP contribution < -0.4 is 0 Å². The highest BCUT2D eigenvalue weighted by Crippen LogP contribution is 2.09. The Kier molecular flexibility index (Phi) is 5.25. The Bertz CT molecular complexity index is 312. The average Bonchev–Trinajstić information content (AvgIpc) is 2.64. The van der Waals surface area contributed by atoms with Crippen molar-refractivity contribution in [2.45, 2.75) is 39.5 Å². The molecule has 84 valence electrons. The van der Waals surface area contributed by atoms with Gasteiger partial charge in [-0.25, -0.2) is 4.79 Å². The van der Waals surface area contributed by atoms with Crippen molar-refractivity contribution in [3.05, 3.63) is 10.0 Å². The van der Waals surface area contributed by atoms with Crippen molar-refractivity contribution in [1.29, 1.82) is 0 Å². The van der Waals surface area contributed by atoms with Crippen LogP contribution in [0.1, 0.15) is 47.4 Å². The molecule has 0 aliphatic rings. The molecular formula is C10H16N2O2S. The van der Waals surface area contributed by atoms with E-state index >= 15 is 0 Å². The number of carbonyl (C=O) groups excluding carboxylic acids is 1. The quantitative estimate of drug-likeness (QED) is 0.554. The molecular weight excluding hydrogens is 212 g/mol. The molecule has 0 bridgehead atoms. The largest absolute Gasteiger partial charge is 0.460 e. The van der Waals surface area contributed by atoms with Crippen LogP contribution in [0, 0.1) is 6.92 Å². The van der Waals surface area contributed by atoms with E-state index in [1.54, 1.807) is 0 Å². The molecule has 0 saturated heterocycles. The molecule has 0 N–H and O–H groups in total. The molecule has 0 fully saturated rings. The van der Waals surface area contributed by atoms with Gasteiger partial charge in [-0.2, -0.15) is 0 Å². The Morgan fingerprint density at radius 3 is 2.73 bits per heavy atom. The molecule has 4 nitrogen and oxygen atoms in total. The molecule has 15 heavy (non-hydrogen) atoms. The summed E-state index contributed by atoms with van der Waals surface area (Å²) in [5.41, 5.74) is 0. The van der Waals surface area contributed by atoms with Crippen LogP contribution in [-0.2, 0) is 4.74 Å². The number of nitrogens with zero attached hydrogens (tertiary/aromatic N) is 2. The number of aryl methyl sites for hydroxylation is 1. The third-order valence-corrected chi connectivity index (χ3v) is 2.75. The second-order valence-corrected chi connectivity index (χ2v) is 4.50. The van der Waals surface area contributed by atoms with Crippen LogP contribution in [0.5, 0.6) is 0 Å². The highest BCUT2D eigenvalue weighted by Gasteiger charge is 2.11. The fraction of sp³-hybridized carbons (Fsp3) is 0.700. The summed E-state index contributed by atoms with van der Waals surface area (Å²) in [5, 5.41) is 8.62. The summed E-state index contributed by atoms with van der Waals surface area (Å²) in [6, 6.07) is 0. The van der Waals surface area contributed by atoms with Crippen molar-refractivity contribution in [2.75, 3.05) is 6.61 Å². The standard InChI is InChI=1S/C10H16N2O2S/c1-3-4-5-6-7-14-10(13)9-12-11-8(2)15-9/h3-7H2,1-2H3. The van der Waals surface area contributed by atoms with Gasteiger partial charge in [-0.3, -0.25) is 0 Å². The Balaban J connectivity index is 2.19. The van der Waals surface area contributed by atoms with E-state index in [4.69, 9.17) is 4.74 Å². The third-order valence-electron chi connectivity index (χ3n) is 1.93. The van der Waals surface area contributed by atoms with E-state index in [2.05, 4.69) is 17.1 Å². The predicted octanol–water partition coefficient (Wildman–Crippen LogP) is 2.58. The first kappa shape index (κ1) is 12.1. The maximum atomic E-state index is 11.4. The number of unbranched alkanes of at least 4 members (excludes halogenated alkanes) is 3. The van der Waals surface area contributed by atoms with Gasteiger partial charge in [0.25, 0.3) is 0 Å². The maximum absolute atomic E-state index is 11.4. The summed E-state index contributed by atoms with van der Waals surface area (Å²) in [6.07, 6.45) is 4.41. The van der Waals surface area contributed by atoms with E-state index < -0.39 is 0 Å². The summed E-state index contributed by atoms with van der Waals surface area (Å²) in [7, 11) is 0. The van der Waals surface area contributed by atoms with Crippen molar-refractivity contribution in [3.8, 4) is 0 Å². The van der Waals surface area contributed by atoms with Gasteiger partial charge in [0.15, 0.2) is 0 Å². The van der Waals surface area contributed by atoms with Gasteiger partial charge < -0.3 is 4.74 Å². The first-order valence-electron chi connectivity index (χ1n) is 5.21. The molecule has 0 unspecified atom stereocenters. The zero-order valence-corrected chi connectivity index (χ0v) is 9.97. The van der Waals surface area contributed by atoms with Crippen molar-refractivity contribution < 1.29 is 9.53 Å². The van der Waals surface area contributed by atoms with E-state index in [0.717, 1.165) is 17.8 Å². The van der Waals surface area contributed by atoms with E-state index in [-0.39, 0.29) is 5.97 Å². The molecule has 0 atom stereocenters. The minimum atomic E-state index is -0.350. The van der Waals surface area contributed by atoms with E-state index in [1.165, 1.54) is 24.2 Å². The lowest BCUT2D eigenvalue weighted by Crippen LogP contribution is -2.06. The highest BCUT2D eigenvalue weighted by atomic mass is 32.1. The molecule has 1 aromatic heterocycles. The lowest BCUT2D eigenvalue weighted by atomic mass is 10.2. The molecule has 1 heterocycles. The first-order chi connectivity index (χ1) is 7.24. The number of rotatable bonds is 6. The number of ether oxygens (including phenoxy) is 1. The summed E-state index contributed by atoms with van der Waals surface area (Å²) in [5.74, 6) is -0.350. The van der Waals surface area contributed by atoms with E-state index in [9.17, 15) is 4.79 Å². The second kappa shape index (κ2) is 6.50. The minimum absolute atomic E-state index is 0.350. The van der Waals surface area contributed by atoms with Crippen LogP contribution in [0.15, 0.2) is 0 Å². The van der Waals surface area contributed by atoms with Crippen molar-refractivity contribution in [1.82, 2.24) is 10.2 Å². The van der Waals surface area contributed by atoms with Gasteiger partial charge in [-0.05, 0) is 13.3 Å². The van der Waals surface area contributed by atoms with Crippen molar-refractivity contribution in [2.24, 2.45) is 0 Å². The number of aromatic nitrogens is 2. The van der Waals surface area contributed by atoms with Crippen LogP contribution in [0.2, 0.25) is 0 Å². The lowest BCUT2D eigenvalue weighted by Gasteiger charge is -2.01. The average molecular weight is 228 g/mol. The van der Waals surface area contributed by atoms with Gasteiger partial charge in [-0.15, -0.1) is 10.2 Å². The topological polar surface area (TPSA) is 52.1 Å². The molecule has 0 aromatic carbocycles. The summed E-state index contributed by atoms with van der Waals surface area (Å²) < 4.78 is 5.06. The third kappa shape index (κ3) is 4.38. The van der Waals surface area contributed by atoms with Gasteiger partial charge >= 0.3 is 5.97 Å². The Morgan fingerprint density at radius 1 is 1.33 bits per heavy atom.